The summed E-state index contributed by atoms with van der Waals surface area (Å²) in [6.07, 6.45) is 5.47. The molecule has 0 aromatic rings. The molecule has 1 amide bonds. The molecule has 0 bridgehead atoms. The number of alkyl carbamates (subject to hydrolysis) is 1. The number of rotatable bonds is 8. The fourth-order valence-corrected chi connectivity index (χ4v) is 1.14. The molecule has 0 unspecified atom stereocenters. The van der Waals surface area contributed by atoms with Crippen molar-refractivity contribution in [3.63, 3.8) is 0 Å². The lowest BCUT2D eigenvalue weighted by Crippen LogP contribution is -2.25. The molecule has 0 heterocycles. The topological polar surface area (TPSA) is 58.6 Å². The monoisotopic (exact) mass is 229 g/mol. The third-order valence-corrected chi connectivity index (χ3v) is 2.18. The van der Waals surface area contributed by atoms with Gasteiger partial charge in [-0.05, 0) is 32.3 Å². The highest BCUT2D eigenvalue weighted by atomic mass is 16.5. The maximum absolute atomic E-state index is 11.1. The van der Waals surface area contributed by atoms with E-state index in [4.69, 9.17) is 9.84 Å². The molecular weight excluding hydrogens is 206 g/mol. The highest BCUT2D eigenvalue weighted by molar-refractivity contribution is 5.67. The molecule has 0 aromatic heterocycles. The van der Waals surface area contributed by atoms with Crippen molar-refractivity contribution in [3.8, 4) is 0 Å². The zero-order valence-corrected chi connectivity index (χ0v) is 10.3. The van der Waals surface area contributed by atoms with E-state index in [0.717, 1.165) is 6.42 Å². The highest BCUT2D eigenvalue weighted by Crippen LogP contribution is 2.05. The third kappa shape index (κ3) is 9.52. The molecule has 0 saturated heterocycles. The predicted molar refractivity (Wildman–Crippen MR) is 64.3 cm³/mol. The van der Waals surface area contributed by atoms with Gasteiger partial charge in [-0.15, -0.1) is 0 Å². The van der Waals surface area contributed by atoms with Crippen LogP contribution in [0, 0.1) is 0 Å². The second-order valence-corrected chi connectivity index (χ2v) is 3.76. The van der Waals surface area contributed by atoms with Crippen LogP contribution < -0.4 is 5.32 Å². The van der Waals surface area contributed by atoms with Crippen LogP contribution in [-0.2, 0) is 4.74 Å². The highest BCUT2D eigenvalue weighted by Gasteiger charge is 1.98. The second-order valence-electron chi connectivity index (χ2n) is 3.76. The first-order valence-electron chi connectivity index (χ1n) is 5.87. The Morgan fingerprint density at radius 2 is 2.19 bits per heavy atom. The van der Waals surface area contributed by atoms with E-state index in [-0.39, 0.29) is 6.61 Å². The Morgan fingerprint density at radius 3 is 2.81 bits per heavy atom. The van der Waals surface area contributed by atoms with Crippen molar-refractivity contribution >= 4 is 6.09 Å². The van der Waals surface area contributed by atoms with E-state index in [9.17, 15) is 4.79 Å². The van der Waals surface area contributed by atoms with Crippen LogP contribution in [-0.4, -0.2) is 31.0 Å². The van der Waals surface area contributed by atoms with Gasteiger partial charge in [0.15, 0.2) is 0 Å². The average Bonchev–Trinajstić information content (AvgIpc) is 2.26. The molecule has 0 aliphatic heterocycles. The van der Waals surface area contributed by atoms with E-state index >= 15 is 0 Å². The lowest BCUT2D eigenvalue weighted by atomic mass is 10.1. The summed E-state index contributed by atoms with van der Waals surface area (Å²) >= 11 is 0. The van der Waals surface area contributed by atoms with Crippen molar-refractivity contribution in [2.24, 2.45) is 0 Å². The maximum atomic E-state index is 11.1. The molecule has 0 aromatic carbocycles. The van der Waals surface area contributed by atoms with Crippen LogP contribution in [0.2, 0.25) is 0 Å². The van der Waals surface area contributed by atoms with E-state index in [1.807, 2.05) is 13.0 Å². The number of carbonyl (C=O) groups excluding carboxylic acids is 1. The first-order valence-corrected chi connectivity index (χ1v) is 5.87. The summed E-state index contributed by atoms with van der Waals surface area (Å²) in [7, 11) is 0. The number of nitrogens with one attached hydrogen (secondary N) is 1. The van der Waals surface area contributed by atoms with Crippen LogP contribution >= 0.6 is 0 Å². The molecule has 16 heavy (non-hydrogen) atoms. The first-order chi connectivity index (χ1) is 7.70. The number of aliphatic hydroxyl groups is 1. The van der Waals surface area contributed by atoms with Gasteiger partial charge in [-0.1, -0.05) is 18.9 Å². The number of hydrogen-bond acceptors (Lipinski definition) is 3. The maximum Gasteiger partial charge on any atom is 0.407 e. The Bertz CT molecular complexity index is 214. The zero-order chi connectivity index (χ0) is 12.2. The lowest BCUT2D eigenvalue weighted by molar-refractivity contribution is 0.157. The van der Waals surface area contributed by atoms with Crippen molar-refractivity contribution in [3.05, 3.63) is 11.6 Å². The van der Waals surface area contributed by atoms with Crippen molar-refractivity contribution in [1.29, 1.82) is 0 Å². The largest absolute Gasteiger partial charge is 0.445 e. The van der Waals surface area contributed by atoms with Crippen molar-refractivity contribution in [2.75, 3.05) is 19.8 Å². The Balaban J connectivity index is 3.51. The number of aliphatic hydroxyl groups excluding tert-OH is 1. The van der Waals surface area contributed by atoms with Crippen LogP contribution in [0.4, 0.5) is 4.79 Å². The van der Waals surface area contributed by atoms with Crippen LogP contribution in [0.1, 0.15) is 39.5 Å². The molecule has 4 heteroatoms. The number of allylic oxidation sites excluding steroid dienone is 1. The molecule has 0 atom stereocenters. The normalized spacial score (nSPS) is 11.3. The van der Waals surface area contributed by atoms with Gasteiger partial charge in [0.1, 0.15) is 6.61 Å². The molecule has 4 nitrogen and oxygen atoms in total. The molecule has 0 saturated carbocycles. The summed E-state index contributed by atoms with van der Waals surface area (Å²) in [5.41, 5.74) is 1.25. The minimum Gasteiger partial charge on any atom is -0.445 e. The van der Waals surface area contributed by atoms with Crippen LogP contribution in [0.3, 0.4) is 0 Å². The minimum atomic E-state index is -0.423. The van der Waals surface area contributed by atoms with E-state index in [1.165, 1.54) is 18.4 Å². The van der Waals surface area contributed by atoms with Gasteiger partial charge in [0.05, 0.1) is 0 Å². The van der Waals surface area contributed by atoms with Gasteiger partial charge in [-0.2, -0.15) is 0 Å². The molecule has 2 N–H and O–H groups in total. The molecule has 0 spiro atoms. The van der Waals surface area contributed by atoms with Crippen LogP contribution in [0.5, 0.6) is 0 Å². The second kappa shape index (κ2) is 10.5. The average molecular weight is 229 g/mol. The van der Waals surface area contributed by atoms with Crippen molar-refractivity contribution < 1.29 is 14.6 Å². The Morgan fingerprint density at radius 1 is 1.44 bits per heavy atom. The van der Waals surface area contributed by atoms with Gasteiger partial charge in [0, 0.05) is 13.2 Å². The number of hydrogen-bond donors (Lipinski definition) is 2. The molecule has 0 fully saturated rings. The van der Waals surface area contributed by atoms with Crippen LogP contribution in [0.25, 0.3) is 0 Å². The molecule has 0 radical (unpaired) electrons. The SMILES string of the molecule is CCCC/C(C)=C/COC(=O)NCCCO. The third-order valence-electron chi connectivity index (χ3n) is 2.18. The van der Waals surface area contributed by atoms with Gasteiger partial charge in [-0.3, -0.25) is 0 Å². The Labute approximate surface area is 97.7 Å². The van der Waals surface area contributed by atoms with E-state index in [2.05, 4.69) is 12.2 Å². The summed E-state index contributed by atoms with van der Waals surface area (Å²) in [6.45, 7) is 5.05. The molecule has 94 valence electrons. The molecular formula is C12H23NO3. The summed E-state index contributed by atoms with van der Waals surface area (Å²) in [5, 5.41) is 11.1. The van der Waals surface area contributed by atoms with Gasteiger partial charge >= 0.3 is 6.09 Å². The fourth-order valence-electron chi connectivity index (χ4n) is 1.14. The summed E-state index contributed by atoms with van der Waals surface area (Å²) in [6, 6.07) is 0. The Kier molecular flexibility index (Phi) is 9.81. The first kappa shape index (κ1) is 15.0. The van der Waals surface area contributed by atoms with Crippen molar-refractivity contribution in [1.82, 2.24) is 5.32 Å². The number of ether oxygens (including phenoxy) is 1. The molecule has 0 aliphatic rings. The fraction of sp³-hybridized carbons (Fsp3) is 0.750. The predicted octanol–water partition coefficient (Wildman–Crippen LogP) is 2.23. The Hall–Kier alpha value is -1.03. The summed E-state index contributed by atoms with van der Waals surface area (Å²) in [5.74, 6) is 0. The standard InChI is InChI=1S/C12H23NO3/c1-3-4-6-11(2)7-10-16-12(15)13-8-5-9-14/h7,14H,3-6,8-10H2,1-2H3,(H,13,15)/b11-7+. The van der Waals surface area contributed by atoms with Gasteiger partial charge in [-0.25, -0.2) is 4.79 Å². The molecule has 0 rings (SSSR count). The number of unbranched alkanes of at least 4 members (excludes halogenated alkanes) is 1. The number of amides is 1. The minimum absolute atomic E-state index is 0.0797. The lowest BCUT2D eigenvalue weighted by Gasteiger charge is -2.04. The quantitative estimate of drug-likeness (QED) is 0.495. The summed E-state index contributed by atoms with van der Waals surface area (Å²) < 4.78 is 4.93. The number of carbonyl (C=O) groups is 1. The van der Waals surface area contributed by atoms with Gasteiger partial charge < -0.3 is 15.2 Å². The van der Waals surface area contributed by atoms with Gasteiger partial charge in [0.25, 0.3) is 0 Å². The van der Waals surface area contributed by atoms with Crippen LogP contribution in [0.15, 0.2) is 11.6 Å². The van der Waals surface area contributed by atoms with Crippen molar-refractivity contribution in [2.45, 2.75) is 39.5 Å². The van der Waals surface area contributed by atoms with E-state index in [1.54, 1.807) is 0 Å². The van der Waals surface area contributed by atoms with E-state index < -0.39 is 6.09 Å². The zero-order valence-electron chi connectivity index (χ0n) is 10.3. The molecule has 0 aliphatic carbocycles. The summed E-state index contributed by atoms with van der Waals surface area (Å²) in [4.78, 5) is 11.1. The smallest absolute Gasteiger partial charge is 0.407 e. The van der Waals surface area contributed by atoms with Gasteiger partial charge in [0.2, 0.25) is 0 Å². The van der Waals surface area contributed by atoms with E-state index in [0.29, 0.717) is 19.6 Å².